The average Bonchev–Trinajstić information content (AvgIpc) is 2.36. The fraction of sp³-hybridized carbons (Fsp3) is 0.688. The van der Waals surface area contributed by atoms with E-state index in [4.69, 9.17) is 0 Å². The van der Waals surface area contributed by atoms with Gasteiger partial charge in [-0.1, -0.05) is 20.8 Å². The first-order chi connectivity index (χ1) is 9.35. The van der Waals surface area contributed by atoms with Crippen molar-refractivity contribution < 1.29 is 19.1 Å². The molecule has 1 rings (SSSR count). The molecule has 4 nitrogen and oxygen atoms in total. The lowest BCUT2D eigenvalue weighted by Crippen LogP contribution is -2.27. The first kappa shape index (κ1) is 16.6. The monoisotopic (exact) mass is 280 g/mol. The van der Waals surface area contributed by atoms with Gasteiger partial charge in [0.1, 0.15) is 5.78 Å². The van der Waals surface area contributed by atoms with Crippen LogP contribution in [-0.4, -0.2) is 24.6 Å². The normalized spacial score (nSPS) is 20.6. The number of hydrogen-bond acceptors (Lipinski definition) is 4. The number of ketones is 2. The van der Waals surface area contributed by atoms with Gasteiger partial charge in [0.2, 0.25) is 0 Å². The molecule has 0 heterocycles. The summed E-state index contributed by atoms with van der Waals surface area (Å²) in [5.41, 5.74) is 0.439. The summed E-state index contributed by atoms with van der Waals surface area (Å²) in [6, 6.07) is 0. The second-order valence-corrected chi connectivity index (χ2v) is 6.03. The van der Waals surface area contributed by atoms with Gasteiger partial charge in [-0.2, -0.15) is 0 Å². The molecule has 1 aliphatic rings. The van der Waals surface area contributed by atoms with Crippen molar-refractivity contribution in [1.82, 2.24) is 0 Å². The number of rotatable bonds is 6. The second kappa shape index (κ2) is 7.36. The van der Waals surface area contributed by atoms with Crippen LogP contribution in [-0.2, 0) is 19.1 Å². The van der Waals surface area contributed by atoms with Gasteiger partial charge >= 0.3 is 5.97 Å². The Bertz CT molecular complexity index is 420. The first-order valence-corrected chi connectivity index (χ1v) is 7.19. The molecule has 0 amide bonds. The van der Waals surface area contributed by atoms with Crippen LogP contribution in [0.4, 0.5) is 0 Å². The Morgan fingerprint density at radius 3 is 2.45 bits per heavy atom. The number of ether oxygens (including phenoxy) is 1. The highest BCUT2D eigenvalue weighted by Gasteiger charge is 2.30. The van der Waals surface area contributed by atoms with Crippen LogP contribution in [0.5, 0.6) is 0 Å². The Labute approximate surface area is 120 Å². The van der Waals surface area contributed by atoms with E-state index >= 15 is 0 Å². The van der Waals surface area contributed by atoms with Crippen molar-refractivity contribution in [1.29, 1.82) is 0 Å². The lowest BCUT2D eigenvalue weighted by molar-refractivity contribution is -0.137. The fourth-order valence-corrected chi connectivity index (χ4v) is 2.70. The number of hydrogen-bond donors (Lipinski definition) is 0. The van der Waals surface area contributed by atoms with E-state index < -0.39 is 5.97 Å². The van der Waals surface area contributed by atoms with Crippen LogP contribution >= 0.6 is 0 Å². The lowest BCUT2D eigenvalue weighted by atomic mass is 9.78. The van der Waals surface area contributed by atoms with Crippen molar-refractivity contribution in [2.45, 2.75) is 46.5 Å². The van der Waals surface area contributed by atoms with Crippen LogP contribution in [0.2, 0.25) is 0 Å². The molecule has 0 spiro atoms. The molecule has 0 N–H and O–H groups in total. The Morgan fingerprint density at radius 1 is 1.30 bits per heavy atom. The second-order valence-electron chi connectivity index (χ2n) is 6.03. The van der Waals surface area contributed by atoms with Crippen molar-refractivity contribution in [3.05, 3.63) is 11.6 Å². The molecule has 0 aromatic carbocycles. The maximum atomic E-state index is 12.1. The van der Waals surface area contributed by atoms with E-state index in [1.54, 1.807) is 0 Å². The summed E-state index contributed by atoms with van der Waals surface area (Å²) in [7, 11) is 1.31. The van der Waals surface area contributed by atoms with E-state index in [-0.39, 0.29) is 23.4 Å². The highest BCUT2D eigenvalue weighted by atomic mass is 16.5. The van der Waals surface area contributed by atoms with Gasteiger partial charge in [-0.25, -0.2) is 4.79 Å². The summed E-state index contributed by atoms with van der Waals surface area (Å²) < 4.78 is 4.63. The quantitative estimate of drug-likeness (QED) is 0.702. The molecule has 0 radical (unpaired) electrons. The maximum Gasteiger partial charge on any atom is 0.333 e. The minimum atomic E-state index is -0.430. The Balaban J connectivity index is 2.61. The highest BCUT2D eigenvalue weighted by molar-refractivity contribution is 6.02. The molecule has 2 unspecified atom stereocenters. The van der Waals surface area contributed by atoms with E-state index in [0.717, 1.165) is 0 Å². The van der Waals surface area contributed by atoms with Crippen LogP contribution in [0, 0.1) is 17.8 Å². The Kier molecular flexibility index (Phi) is 6.11. The molecule has 1 aliphatic carbocycles. The van der Waals surface area contributed by atoms with Crippen molar-refractivity contribution in [2.75, 3.05) is 7.11 Å². The van der Waals surface area contributed by atoms with E-state index in [1.165, 1.54) is 13.2 Å². The van der Waals surface area contributed by atoms with Crippen molar-refractivity contribution in [3.63, 3.8) is 0 Å². The van der Waals surface area contributed by atoms with Crippen LogP contribution in [0.1, 0.15) is 46.5 Å². The van der Waals surface area contributed by atoms with E-state index in [0.29, 0.717) is 37.2 Å². The summed E-state index contributed by atoms with van der Waals surface area (Å²) >= 11 is 0. The first-order valence-electron chi connectivity index (χ1n) is 7.19. The zero-order valence-electron chi connectivity index (χ0n) is 12.8. The van der Waals surface area contributed by atoms with E-state index in [2.05, 4.69) is 4.74 Å². The van der Waals surface area contributed by atoms with Crippen molar-refractivity contribution in [2.24, 2.45) is 17.8 Å². The molecular weight excluding hydrogens is 256 g/mol. The smallest absolute Gasteiger partial charge is 0.333 e. The molecule has 0 saturated heterocycles. The number of carbonyl (C=O) groups is 3. The number of Topliss-reactive ketones (excluding diaryl/α,β-unsaturated/α-hetero) is 1. The third kappa shape index (κ3) is 4.58. The Hall–Kier alpha value is -1.45. The number of esters is 1. The molecule has 0 saturated carbocycles. The van der Waals surface area contributed by atoms with Crippen LogP contribution in [0.3, 0.4) is 0 Å². The van der Waals surface area contributed by atoms with Crippen LogP contribution in [0.15, 0.2) is 11.6 Å². The third-order valence-corrected chi connectivity index (χ3v) is 3.73. The van der Waals surface area contributed by atoms with E-state index in [1.807, 2.05) is 20.8 Å². The van der Waals surface area contributed by atoms with Gasteiger partial charge in [-0.3, -0.25) is 9.59 Å². The maximum absolute atomic E-state index is 12.1. The zero-order chi connectivity index (χ0) is 15.3. The molecule has 112 valence electrons. The molecular formula is C16H24O4. The molecule has 0 aromatic heterocycles. The molecule has 0 fully saturated rings. The zero-order valence-corrected chi connectivity index (χ0v) is 12.8. The summed E-state index contributed by atoms with van der Waals surface area (Å²) in [5, 5.41) is 0. The minimum absolute atomic E-state index is 0.0317. The minimum Gasteiger partial charge on any atom is -0.466 e. The lowest BCUT2D eigenvalue weighted by Gasteiger charge is -2.25. The van der Waals surface area contributed by atoms with Gasteiger partial charge in [0, 0.05) is 24.3 Å². The number of allylic oxidation sites excluding steroid dienone is 1. The standard InChI is InChI=1S/C16H24O4/c1-10(2)7-13(17)8-11(3)14-6-5-12(9-15(14)18)16(19)20-4/h9-11,14H,5-8H2,1-4H3. The van der Waals surface area contributed by atoms with Crippen molar-refractivity contribution in [3.8, 4) is 0 Å². The van der Waals surface area contributed by atoms with Gasteiger partial charge < -0.3 is 4.74 Å². The number of methoxy groups -OCH3 is 1. The molecule has 0 aromatic rings. The van der Waals surface area contributed by atoms with Gasteiger partial charge in [-0.15, -0.1) is 0 Å². The topological polar surface area (TPSA) is 60.4 Å². The largest absolute Gasteiger partial charge is 0.466 e. The highest BCUT2D eigenvalue weighted by Crippen LogP contribution is 2.29. The van der Waals surface area contributed by atoms with Crippen LogP contribution in [0.25, 0.3) is 0 Å². The molecule has 0 bridgehead atoms. The molecule has 0 aliphatic heterocycles. The molecule has 4 heteroatoms. The molecule has 2 atom stereocenters. The number of carbonyl (C=O) groups excluding carboxylic acids is 3. The van der Waals surface area contributed by atoms with E-state index in [9.17, 15) is 14.4 Å². The van der Waals surface area contributed by atoms with Crippen molar-refractivity contribution >= 4 is 17.5 Å². The summed E-state index contributed by atoms with van der Waals surface area (Å²) in [5.74, 6) is -0.0452. The van der Waals surface area contributed by atoms with Gasteiger partial charge in [0.15, 0.2) is 5.78 Å². The van der Waals surface area contributed by atoms with Gasteiger partial charge in [0.05, 0.1) is 7.11 Å². The Morgan fingerprint density at radius 2 is 1.95 bits per heavy atom. The van der Waals surface area contributed by atoms with Gasteiger partial charge in [0.25, 0.3) is 0 Å². The SMILES string of the molecule is COC(=O)C1=CC(=O)C(C(C)CC(=O)CC(C)C)CC1. The summed E-state index contributed by atoms with van der Waals surface area (Å²) in [6.45, 7) is 5.97. The predicted octanol–water partition coefficient (Wildman–Crippen LogP) is 2.71. The molecule has 20 heavy (non-hydrogen) atoms. The third-order valence-electron chi connectivity index (χ3n) is 3.73. The van der Waals surface area contributed by atoms with Crippen LogP contribution < -0.4 is 0 Å². The fourth-order valence-electron chi connectivity index (χ4n) is 2.70. The van der Waals surface area contributed by atoms with Gasteiger partial charge in [-0.05, 0) is 30.8 Å². The summed E-state index contributed by atoms with van der Waals surface area (Å²) in [6.07, 6.45) is 3.57. The average molecular weight is 280 g/mol. The predicted molar refractivity (Wildman–Crippen MR) is 76.1 cm³/mol. The summed E-state index contributed by atoms with van der Waals surface area (Å²) in [4.78, 5) is 35.3.